The summed E-state index contributed by atoms with van der Waals surface area (Å²) in [5.41, 5.74) is 4.70. The zero-order chi connectivity index (χ0) is 40.9. The Hall–Kier alpha value is -5.70. The summed E-state index contributed by atoms with van der Waals surface area (Å²) >= 11 is 0. The molecule has 5 aromatic rings. The Morgan fingerprint density at radius 2 is 0.883 bits per heavy atom. The van der Waals surface area contributed by atoms with Crippen molar-refractivity contribution in [2.45, 2.75) is 74.5 Å². The van der Waals surface area contributed by atoms with Crippen LogP contribution in [-0.2, 0) is 20.7 Å². The number of likely N-dealkylation sites (N-methyl/N-ethyl adjacent to an activating group) is 2. The Morgan fingerprint density at radius 1 is 0.517 bits per heavy atom. The standard InChI is InChI=1S/C52H50N4O4/c1-3-53-39-23-13-11-21-37(39)51(49(53)59)45(47(57)35-17-7-5-8-18-35)43(41-25-15-31-55(41)51)33-27-29-34(30-28-33)44-42-26-16-32-56(42)52(46(44)48(58)36-19-9-6-10-20-36)38-22-12-14-24-40(38)54(4-2)50(52)60/h5-14,17-24,27-30,41-46H,3-4,15-16,25-26,31-32H2,1-2H3. The van der Waals surface area contributed by atoms with E-state index < -0.39 is 22.9 Å². The molecule has 8 heteroatoms. The minimum atomic E-state index is -1.12. The van der Waals surface area contributed by atoms with Gasteiger partial charge in [-0.2, -0.15) is 0 Å². The summed E-state index contributed by atoms with van der Waals surface area (Å²) in [6, 6.07) is 43.9. The number of para-hydroxylation sites is 2. The molecule has 6 aliphatic rings. The molecule has 0 saturated carbocycles. The first-order valence-electron chi connectivity index (χ1n) is 22.0. The number of amides is 2. The fourth-order valence-corrected chi connectivity index (χ4v) is 13.3. The van der Waals surface area contributed by atoms with Gasteiger partial charge in [0.25, 0.3) is 11.8 Å². The number of hydrogen-bond donors (Lipinski definition) is 0. The number of carbonyl (C=O) groups excluding carboxylic acids is 4. The van der Waals surface area contributed by atoms with E-state index in [9.17, 15) is 0 Å². The zero-order valence-corrected chi connectivity index (χ0v) is 34.2. The van der Waals surface area contributed by atoms with E-state index in [1.807, 2.05) is 121 Å². The maximum absolute atomic E-state index is 15.3. The average molecular weight is 795 g/mol. The van der Waals surface area contributed by atoms with Gasteiger partial charge in [-0.15, -0.1) is 0 Å². The van der Waals surface area contributed by atoms with Gasteiger partial charge in [0.1, 0.15) is 11.1 Å². The van der Waals surface area contributed by atoms with Crippen molar-refractivity contribution in [3.63, 3.8) is 0 Å². The number of anilines is 2. The summed E-state index contributed by atoms with van der Waals surface area (Å²) in [6.45, 7) is 6.55. The van der Waals surface area contributed by atoms with Crippen molar-refractivity contribution < 1.29 is 19.2 Å². The van der Waals surface area contributed by atoms with E-state index in [4.69, 9.17) is 0 Å². The molecule has 6 heterocycles. The summed E-state index contributed by atoms with van der Waals surface area (Å²) in [5, 5.41) is 0. The highest BCUT2D eigenvalue weighted by molar-refractivity contribution is 6.15. The predicted molar refractivity (Wildman–Crippen MR) is 232 cm³/mol. The molecular formula is C52H50N4O4. The van der Waals surface area contributed by atoms with E-state index in [-0.39, 0.29) is 47.3 Å². The number of nitrogens with zero attached hydrogens (tertiary/aromatic N) is 4. The molecule has 0 aromatic heterocycles. The van der Waals surface area contributed by atoms with Gasteiger partial charge in [-0.25, -0.2) is 0 Å². The lowest BCUT2D eigenvalue weighted by Gasteiger charge is -2.37. The molecule has 0 aliphatic carbocycles. The first-order chi connectivity index (χ1) is 29.4. The fourth-order valence-electron chi connectivity index (χ4n) is 13.3. The number of benzene rings is 5. The van der Waals surface area contributed by atoms with Crippen LogP contribution in [0.15, 0.2) is 133 Å². The van der Waals surface area contributed by atoms with Crippen molar-refractivity contribution in [1.82, 2.24) is 9.80 Å². The van der Waals surface area contributed by atoms with Crippen LogP contribution in [0.3, 0.4) is 0 Å². The van der Waals surface area contributed by atoms with Gasteiger partial charge in [-0.3, -0.25) is 29.0 Å². The maximum Gasteiger partial charge on any atom is 0.253 e. The van der Waals surface area contributed by atoms with Crippen molar-refractivity contribution in [2.24, 2.45) is 11.8 Å². The summed E-state index contributed by atoms with van der Waals surface area (Å²) < 4.78 is 0. The molecule has 0 N–H and O–H groups in total. The number of carbonyl (C=O) groups is 4. The SMILES string of the molecule is CCN1C(=O)C2(c3ccccc31)C(C(=O)c1ccccc1)C(c1ccc(C3C4CCCN4C4(C(=O)N(CC)c5ccccc54)C3C(=O)c3ccccc3)cc1)C1CCCN12. The van der Waals surface area contributed by atoms with Crippen LogP contribution in [0.25, 0.3) is 0 Å². The molecule has 302 valence electrons. The smallest absolute Gasteiger partial charge is 0.253 e. The Bertz CT molecular complexity index is 2370. The third kappa shape index (κ3) is 4.75. The van der Waals surface area contributed by atoms with E-state index in [2.05, 4.69) is 46.2 Å². The molecule has 5 aromatic carbocycles. The highest BCUT2D eigenvalue weighted by atomic mass is 16.2. The van der Waals surface area contributed by atoms with Crippen molar-refractivity contribution in [3.8, 4) is 0 Å². The van der Waals surface area contributed by atoms with Crippen LogP contribution in [0.5, 0.6) is 0 Å². The number of fused-ring (bicyclic) bond motifs is 8. The second-order valence-corrected chi connectivity index (χ2v) is 17.6. The van der Waals surface area contributed by atoms with Gasteiger partial charge >= 0.3 is 0 Å². The van der Waals surface area contributed by atoms with Crippen LogP contribution in [0, 0.1) is 11.8 Å². The lowest BCUT2D eigenvalue weighted by atomic mass is 9.67. The molecule has 8 atom stereocenters. The first-order valence-corrected chi connectivity index (χ1v) is 22.0. The highest BCUT2D eigenvalue weighted by Gasteiger charge is 2.72. The number of rotatable bonds is 8. The topological polar surface area (TPSA) is 81.2 Å². The third-order valence-electron chi connectivity index (χ3n) is 15.3. The van der Waals surface area contributed by atoms with Gasteiger partial charge in [0, 0.05) is 70.6 Å². The Balaban J connectivity index is 1.07. The second kappa shape index (κ2) is 13.9. The normalized spacial score (nSPS) is 30.4. The summed E-state index contributed by atoms with van der Waals surface area (Å²) in [7, 11) is 0. The van der Waals surface area contributed by atoms with Gasteiger partial charge in [0.15, 0.2) is 11.6 Å². The average Bonchev–Trinajstić information content (AvgIpc) is 4.14. The maximum atomic E-state index is 15.3. The van der Waals surface area contributed by atoms with E-state index in [1.165, 1.54) is 0 Å². The number of hydrogen-bond acceptors (Lipinski definition) is 6. The van der Waals surface area contributed by atoms with Gasteiger partial charge in [0.05, 0.1) is 11.8 Å². The van der Waals surface area contributed by atoms with Gasteiger partial charge < -0.3 is 9.80 Å². The monoisotopic (exact) mass is 794 g/mol. The van der Waals surface area contributed by atoms with Crippen molar-refractivity contribution in [1.29, 1.82) is 0 Å². The number of ketones is 2. The summed E-state index contributed by atoms with van der Waals surface area (Å²) in [6.07, 6.45) is 3.67. The van der Waals surface area contributed by atoms with Crippen LogP contribution in [0.4, 0.5) is 11.4 Å². The van der Waals surface area contributed by atoms with Crippen LogP contribution in [0.2, 0.25) is 0 Å². The van der Waals surface area contributed by atoms with Crippen LogP contribution in [-0.4, -0.2) is 71.4 Å². The minimum absolute atomic E-state index is 0.00557. The molecule has 4 saturated heterocycles. The Morgan fingerprint density at radius 3 is 1.27 bits per heavy atom. The van der Waals surface area contributed by atoms with E-state index in [0.717, 1.165) is 72.4 Å². The zero-order valence-electron chi connectivity index (χ0n) is 34.2. The van der Waals surface area contributed by atoms with Gasteiger partial charge in [-0.1, -0.05) is 121 Å². The quantitative estimate of drug-likeness (QED) is 0.147. The lowest BCUT2D eigenvalue weighted by molar-refractivity contribution is -0.130. The Labute approximate surface area is 351 Å². The molecule has 0 radical (unpaired) electrons. The van der Waals surface area contributed by atoms with Crippen molar-refractivity contribution in [3.05, 3.63) is 167 Å². The molecule has 2 spiro atoms. The molecule has 0 bridgehead atoms. The fraction of sp³-hybridized carbons (Fsp3) is 0.346. The molecule has 8 unspecified atom stereocenters. The highest BCUT2D eigenvalue weighted by Crippen LogP contribution is 2.64. The van der Waals surface area contributed by atoms with Crippen molar-refractivity contribution in [2.75, 3.05) is 36.0 Å². The lowest BCUT2D eigenvalue weighted by Crippen LogP contribution is -2.55. The summed E-state index contributed by atoms with van der Waals surface area (Å²) in [5.74, 6) is -1.82. The third-order valence-corrected chi connectivity index (χ3v) is 15.3. The molecule has 11 rings (SSSR count). The van der Waals surface area contributed by atoms with Gasteiger partial charge in [0.2, 0.25) is 0 Å². The largest absolute Gasteiger partial charge is 0.310 e. The molecule has 8 nitrogen and oxygen atoms in total. The van der Waals surface area contributed by atoms with E-state index in [0.29, 0.717) is 24.2 Å². The van der Waals surface area contributed by atoms with E-state index in [1.54, 1.807) is 0 Å². The molecule has 4 fully saturated rings. The number of Topliss-reactive ketones (excluding diaryl/α,β-unsaturated/α-hetero) is 2. The first kappa shape index (κ1) is 37.3. The van der Waals surface area contributed by atoms with Crippen molar-refractivity contribution >= 4 is 34.8 Å². The van der Waals surface area contributed by atoms with E-state index >= 15 is 19.2 Å². The minimum Gasteiger partial charge on any atom is -0.310 e. The van der Waals surface area contributed by atoms with Crippen LogP contribution < -0.4 is 9.80 Å². The second-order valence-electron chi connectivity index (χ2n) is 17.6. The van der Waals surface area contributed by atoms with Crippen LogP contribution in [0.1, 0.15) is 94.3 Å². The van der Waals surface area contributed by atoms with Crippen LogP contribution >= 0.6 is 0 Å². The molecule has 6 aliphatic heterocycles. The molecule has 60 heavy (non-hydrogen) atoms. The van der Waals surface area contributed by atoms with Gasteiger partial charge in [-0.05, 0) is 75.9 Å². The predicted octanol–water partition coefficient (Wildman–Crippen LogP) is 8.33. The summed E-state index contributed by atoms with van der Waals surface area (Å²) in [4.78, 5) is 69.5. The Kier molecular flexibility index (Phi) is 8.66. The molecule has 2 amide bonds. The molecular weight excluding hydrogens is 745 g/mol.